The number of rotatable bonds is 7. The average molecular weight is 340 g/mol. The largest absolute Gasteiger partial charge is 0.490 e. The van der Waals surface area contributed by atoms with Crippen molar-refractivity contribution in [3.8, 4) is 5.75 Å². The summed E-state index contributed by atoms with van der Waals surface area (Å²) in [6.45, 7) is 3.50. The Labute approximate surface area is 145 Å². The lowest BCUT2D eigenvalue weighted by atomic mass is 9.94. The van der Waals surface area contributed by atoms with Crippen molar-refractivity contribution in [2.45, 2.75) is 50.0 Å². The monoisotopic (exact) mass is 340 g/mol. The van der Waals surface area contributed by atoms with E-state index in [2.05, 4.69) is 28.9 Å². The van der Waals surface area contributed by atoms with Crippen molar-refractivity contribution >= 4 is 5.97 Å². The van der Waals surface area contributed by atoms with Crippen molar-refractivity contribution < 1.29 is 19.2 Å². The number of carbonyl (C=O) groups is 1. The predicted molar refractivity (Wildman–Crippen MR) is 89.5 cm³/mol. The smallest absolute Gasteiger partial charge is 0.331 e. The fourth-order valence-corrected chi connectivity index (χ4v) is 3.08. The van der Waals surface area contributed by atoms with Gasteiger partial charge in [-0.25, -0.2) is 4.79 Å². The van der Waals surface area contributed by atoms with E-state index in [1.54, 1.807) is 0 Å². The summed E-state index contributed by atoms with van der Waals surface area (Å²) < 4.78 is 11.1. The standard InChI is InChI=1S/C19H20N2O4/c1-12(17(22)23)11-16-20-18(21-25-16)19(9-10-19)13-5-7-15(8-6-13)24-14-3-2-4-14/h5-8,14H,1-4,9-11H2,(H,22,23). The molecule has 0 aliphatic heterocycles. The van der Waals surface area contributed by atoms with Gasteiger partial charge in [-0.2, -0.15) is 4.98 Å². The predicted octanol–water partition coefficient (Wildman–Crippen LogP) is 3.26. The van der Waals surface area contributed by atoms with Crippen LogP contribution in [0.15, 0.2) is 40.9 Å². The van der Waals surface area contributed by atoms with E-state index in [9.17, 15) is 4.79 Å². The van der Waals surface area contributed by atoms with Gasteiger partial charge in [0.1, 0.15) is 5.75 Å². The van der Waals surface area contributed by atoms with Gasteiger partial charge in [0.25, 0.3) is 0 Å². The van der Waals surface area contributed by atoms with Crippen molar-refractivity contribution in [3.05, 3.63) is 53.7 Å². The third-order valence-electron chi connectivity index (χ3n) is 5.08. The van der Waals surface area contributed by atoms with Gasteiger partial charge in [0.05, 0.1) is 17.9 Å². The Kier molecular flexibility index (Phi) is 3.82. The first-order chi connectivity index (χ1) is 12.1. The van der Waals surface area contributed by atoms with Gasteiger partial charge in [0, 0.05) is 5.57 Å². The van der Waals surface area contributed by atoms with E-state index in [0.717, 1.165) is 37.0 Å². The topological polar surface area (TPSA) is 85.5 Å². The van der Waals surface area contributed by atoms with Crippen LogP contribution in [0.2, 0.25) is 0 Å². The van der Waals surface area contributed by atoms with Gasteiger partial charge in [-0.1, -0.05) is 23.9 Å². The third kappa shape index (κ3) is 3.04. The van der Waals surface area contributed by atoms with E-state index >= 15 is 0 Å². The first-order valence-corrected chi connectivity index (χ1v) is 8.58. The molecule has 0 spiro atoms. The van der Waals surface area contributed by atoms with Crippen molar-refractivity contribution in [1.29, 1.82) is 0 Å². The Bertz CT molecular complexity index is 801. The van der Waals surface area contributed by atoms with E-state index < -0.39 is 5.97 Å². The Hall–Kier alpha value is -2.63. The van der Waals surface area contributed by atoms with Crippen molar-refractivity contribution in [3.63, 3.8) is 0 Å². The van der Waals surface area contributed by atoms with Gasteiger partial charge < -0.3 is 14.4 Å². The number of ether oxygens (including phenoxy) is 1. The summed E-state index contributed by atoms with van der Waals surface area (Å²) in [6.07, 6.45) is 5.86. The molecule has 1 aromatic carbocycles. The lowest BCUT2D eigenvalue weighted by molar-refractivity contribution is -0.132. The van der Waals surface area contributed by atoms with E-state index in [-0.39, 0.29) is 17.4 Å². The minimum absolute atomic E-state index is 0.0394. The van der Waals surface area contributed by atoms with Crippen LogP contribution in [0.3, 0.4) is 0 Å². The molecule has 25 heavy (non-hydrogen) atoms. The van der Waals surface area contributed by atoms with Gasteiger partial charge in [-0.15, -0.1) is 0 Å². The molecule has 0 unspecified atom stereocenters. The molecule has 0 atom stereocenters. The van der Waals surface area contributed by atoms with E-state index in [1.807, 2.05) is 12.1 Å². The second-order valence-electron chi connectivity index (χ2n) is 6.87. The summed E-state index contributed by atoms with van der Waals surface area (Å²) in [6, 6.07) is 8.13. The highest BCUT2D eigenvalue weighted by Gasteiger charge is 2.50. The fourth-order valence-electron chi connectivity index (χ4n) is 3.08. The Morgan fingerprint density at radius 1 is 1.32 bits per heavy atom. The number of nitrogens with zero attached hydrogens (tertiary/aromatic N) is 2. The molecular formula is C19H20N2O4. The molecule has 0 radical (unpaired) electrons. The first-order valence-electron chi connectivity index (χ1n) is 8.58. The zero-order valence-electron chi connectivity index (χ0n) is 13.9. The second-order valence-corrected chi connectivity index (χ2v) is 6.87. The Morgan fingerprint density at radius 2 is 2.04 bits per heavy atom. The summed E-state index contributed by atoms with van der Waals surface area (Å²) in [5.41, 5.74) is 0.955. The molecule has 130 valence electrons. The molecular weight excluding hydrogens is 320 g/mol. The summed E-state index contributed by atoms with van der Waals surface area (Å²) in [5.74, 6) is 0.755. The average Bonchev–Trinajstić information content (AvgIpc) is 3.25. The highest BCUT2D eigenvalue weighted by atomic mass is 16.5. The van der Waals surface area contributed by atoms with E-state index in [0.29, 0.717) is 17.8 Å². The van der Waals surface area contributed by atoms with Gasteiger partial charge >= 0.3 is 5.97 Å². The molecule has 2 saturated carbocycles. The van der Waals surface area contributed by atoms with Crippen LogP contribution in [0.25, 0.3) is 0 Å². The van der Waals surface area contributed by atoms with Crippen LogP contribution in [0.5, 0.6) is 5.75 Å². The van der Waals surface area contributed by atoms with Crippen LogP contribution < -0.4 is 4.74 Å². The van der Waals surface area contributed by atoms with E-state index in [4.69, 9.17) is 14.4 Å². The van der Waals surface area contributed by atoms with Gasteiger partial charge in [0.15, 0.2) is 5.82 Å². The number of carboxylic acid groups (broad SMARTS) is 1. The minimum Gasteiger partial charge on any atom is -0.490 e. The van der Waals surface area contributed by atoms with Crippen LogP contribution >= 0.6 is 0 Å². The van der Waals surface area contributed by atoms with Crippen LogP contribution in [-0.4, -0.2) is 27.3 Å². The SMILES string of the molecule is C=C(Cc1nc(C2(c3ccc(OC4CCC4)cc3)CC2)no1)C(=O)O. The number of aromatic nitrogens is 2. The molecule has 4 rings (SSSR count). The Balaban J connectivity index is 1.49. The highest BCUT2D eigenvalue weighted by molar-refractivity contribution is 5.86. The van der Waals surface area contributed by atoms with E-state index in [1.165, 1.54) is 6.42 Å². The summed E-state index contributed by atoms with van der Waals surface area (Å²) >= 11 is 0. The van der Waals surface area contributed by atoms with Gasteiger partial charge in [-0.3, -0.25) is 0 Å². The fraction of sp³-hybridized carbons (Fsp3) is 0.421. The molecule has 1 heterocycles. The highest BCUT2D eigenvalue weighted by Crippen LogP contribution is 2.52. The number of hydrogen-bond acceptors (Lipinski definition) is 5. The van der Waals surface area contributed by atoms with Crippen LogP contribution in [0.4, 0.5) is 0 Å². The van der Waals surface area contributed by atoms with Gasteiger partial charge in [0.2, 0.25) is 5.89 Å². The molecule has 2 aliphatic rings. The molecule has 1 N–H and O–H groups in total. The lowest BCUT2D eigenvalue weighted by Gasteiger charge is -2.26. The summed E-state index contributed by atoms with van der Waals surface area (Å²) in [5, 5.41) is 13.0. The molecule has 2 fully saturated rings. The molecule has 2 aromatic rings. The summed E-state index contributed by atoms with van der Waals surface area (Å²) in [4.78, 5) is 15.3. The van der Waals surface area contributed by atoms with Crippen molar-refractivity contribution in [1.82, 2.24) is 10.1 Å². The third-order valence-corrected chi connectivity index (χ3v) is 5.08. The maximum atomic E-state index is 10.9. The lowest BCUT2D eigenvalue weighted by Crippen LogP contribution is -2.24. The molecule has 0 amide bonds. The number of hydrogen-bond donors (Lipinski definition) is 1. The van der Waals surface area contributed by atoms with Crippen molar-refractivity contribution in [2.24, 2.45) is 0 Å². The van der Waals surface area contributed by atoms with Crippen LogP contribution in [-0.2, 0) is 16.6 Å². The van der Waals surface area contributed by atoms with Crippen LogP contribution in [0, 0.1) is 0 Å². The maximum absolute atomic E-state index is 10.9. The molecule has 0 bridgehead atoms. The quantitative estimate of drug-likeness (QED) is 0.779. The Morgan fingerprint density at radius 3 is 2.60 bits per heavy atom. The van der Waals surface area contributed by atoms with Crippen LogP contribution in [0.1, 0.15) is 49.4 Å². The molecule has 1 aromatic heterocycles. The maximum Gasteiger partial charge on any atom is 0.331 e. The molecule has 6 nitrogen and oxygen atoms in total. The number of carboxylic acids is 1. The summed E-state index contributed by atoms with van der Waals surface area (Å²) in [7, 11) is 0. The minimum atomic E-state index is -1.05. The normalized spacial score (nSPS) is 18.4. The molecule has 0 saturated heterocycles. The molecule has 6 heteroatoms. The molecule has 2 aliphatic carbocycles. The number of benzene rings is 1. The van der Waals surface area contributed by atoms with Crippen molar-refractivity contribution in [2.75, 3.05) is 0 Å². The zero-order chi connectivity index (χ0) is 17.4. The number of aliphatic carboxylic acids is 1. The second kappa shape index (κ2) is 6.02. The first kappa shape index (κ1) is 15.9. The zero-order valence-corrected chi connectivity index (χ0v) is 13.9. The van der Waals surface area contributed by atoms with Gasteiger partial charge in [-0.05, 0) is 49.8 Å².